The first kappa shape index (κ1) is 13.1. The molecular weight excluding hydrogens is 207 g/mol. The molecule has 0 aromatic heterocycles. The van der Waals surface area contributed by atoms with Gasteiger partial charge in [-0.15, -0.1) is 0 Å². The molecule has 16 heavy (non-hydrogen) atoms. The number of hydrogen-bond acceptors (Lipinski definition) is 2. The lowest BCUT2D eigenvalue weighted by Gasteiger charge is -2.31. The van der Waals surface area contributed by atoms with Gasteiger partial charge in [0.05, 0.1) is 12.2 Å². The molecule has 1 aromatic carbocycles. The summed E-state index contributed by atoms with van der Waals surface area (Å²) in [6, 6.07) is 6.51. The minimum Gasteiger partial charge on any atom is -0.387 e. The zero-order valence-electron chi connectivity index (χ0n) is 10.0. The summed E-state index contributed by atoms with van der Waals surface area (Å²) in [5, 5.41) is 10.4. The molecule has 1 aromatic rings. The van der Waals surface area contributed by atoms with Crippen LogP contribution in [-0.4, -0.2) is 24.4 Å². The molecule has 1 atom stereocenters. The Kier molecular flexibility index (Phi) is 4.44. The summed E-state index contributed by atoms with van der Waals surface area (Å²) in [7, 11) is 1.54. The Balaban J connectivity index is 2.88. The van der Waals surface area contributed by atoms with E-state index in [1.807, 2.05) is 13.8 Å². The van der Waals surface area contributed by atoms with Crippen molar-refractivity contribution in [2.45, 2.75) is 25.9 Å². The van der Waals surface area contributed by atoms with Crippen LogP contribution in [-0.2, 0) is 11.2 Å². The Morgan fingerprint density at radius 2 is 2.00 bits per heavy atom. The van der Waals surface area contributed by atoms with E-state index in [-0.39, 0.29) is 24.8 Å². The van der Waals surface area contributed by atoms with E-state index in [0.717, 1.165) is 0 Å². The molecule has 3 heteroatoms. The van der Waals surface area contributed by atoms with Crippen LogP contribution in [0.1, 0.15) is 19.4 Å². The zero-order chi connectivity index (χ0) is 12.2. The lowest BCUT2D eigenvalue weighted by molar-refractivity contribution is -0.0641. The standard InChI is InChI=1S/C13H19FO2/c1-10(2)13(15,9-16-3)8-11-6-4-5-7-12(11)14/h4-7,10,15H,8-9H2,1-3H3. The van der Waals surface area contributed by atoms with Crippen molar-refractivity contribution in [3.8, 4) is 0 Å². The second-order valence-electron chi connectivity index (χ2n) is 4.46. The van der Waals surface area contributed by atoms with E-state index in [0.29, 0.717) is 5.56 Å². The quantitative estimate of drug-likeness (QED) is 0.835. The number of rotatable bonds is 5. The maximum Gasteiger partial charge on any atom is 0.126 e. The third-order valence-electron chi connectivity index (χ3n) is 2.92. The first-order valence-electron chi connectivity index (χ1n) is 5.44. The van der Waals surface area contributed by atoms with E-state index in [9.17, 15) is 9.50 Å². The van der Waals surface area contributed by atoms with Crippen molar-refractivity contribution in [3.05, 3.63) is 35.6 Å². The van der Waals surface area contributed by atoms with Crippen LogP contribution < -0.4 is 0 Å². The van der Waals surface area contributed by atoms with Crippen molar-refractivity contribution in [1.82, 2.24) is 0 Å². The second-order valence-corrected chi connectivity index (χ2v) is 4.46. The van der Waals surface area contributed by atoms with E-state index in [1.165, 1.54) is 13.2 Å². The second kappa shape index (κ2) is 5.41. The molecule has 0 saturated carbocycles. The summed E-state index contributed by atoms with van der Waals surface area (Å²) in [4.78, 5) is 0. The molecular formula is C13H19FO2. The summed E-state index contributed by atoms with van der Waals surface area (Å²) in [6.45, 7) is 4.01. The Hall–Kier alpha value is -0.930. The average Bonchev–Trinajstić information content (AvgIpc) is 2.21. The topological polar surface area (TPSA) is 29.5 Å². The van der Waals surface area contributed by atoms with E-state index >= 15 is 0 Å². The molecule has 0 aliphatic rings. The maximum absolute atomic E-state index is 13.5. The number of halogens is 1. The molecule has 0 radical (unpaired) electrons. The van der Waals surface area contributed by atoms with E-state index < -0.39 is 5.60 Å². The Labute approximate surface area is 96.1 Å². The normalized spacial score (nSPS) is 15.1. The fourth-order valence-corrected chi connectivity index (χ4v) is 1.64. The first-order chi connectivity index (χ1) is 7.49. The van der Waals surface area contributed by atoms with Crippen LogP contribution in [0.4, 0.5) is 4.39 Å². The first-order valence-corrected chi connectivity index (χ1v) is 5.44. The van der Waals surface area contributed by atoms with Gasteiger partial charge in [0.2, 0.25) is 0 Å². The van der Waals surface area contributed by atoms with Crippen LogP contribution in [0.15, 0.2) is 24.3 Å². The summed E-state index contributed by atoms with van der Waals surface area (Å²) in [5.41, 5.74) is -0.493. The third kappa shape index (κ3) is 3.03. The van der Waals surface area contributed by atoms with Gasteiger partial charge < -0.3 is 9.84 Å². The van der Waals surface area contributed by atoms with Gasteiger partial charge in [-0.05, 0) is 17.5 Å². The van der Waals surface area contributed by atoms with Crippen LogP contribution in [0.5, 0.6) is 0 Å². The molecule has 1 rings (SSSR count). The Morgan fingerprint density at radius 1 is 1.38 bits per heavy atom. The van der Waals surface area contributed by atoms with Crippen LogP contribution in [0.25, 0.3) is 0 Å². The van der Waals surface area contributed by atoms with Gasteiger partial charge in [0, 0.05) is 13.5 Å². The van der Waals surface area contributed by atoms with Crippen molar-refractivity contribution in [2.75, 3.05) is 13.7 Å². The van der Waals surface area contributed by atoms with Gasteiger partial charge in [-0.2, -0.15) is 0 Å². The molecule has 0 fully saturated rings. The van der Waals surface area contributed by atoms with Crippen molar-refractivity contribution in [3.63, 3.8) is 0 Å². The van der Waals surface area contributed by atoms with Crippen molar-refractivity contribution >= 4 is 0 Å². The van der Waals surface area contributed by atoms with E-state index in [4.69, 9.17) is 4.74 Å². The number of aliphatic hydroxyl groups is 1. The molecule has 0 heterocycles. The SMILES string of the molecule is COCC(O)(Cc1ccccc1F)C(C)C. The molecule has 0 bridgehead atoms. The average molecular weight is 226 g/mol. The van der Waals surface area contributed by atoms with Gasteiger partial charge in [0.15, 0.2) is 0 Å². The minimum atomic E-state index is -1.02. The van der Waals surface area contributed by atoms with Crippen LogP contribution >= 0.6 is 0 Å². The molecule has 1 unspecified atom stereocenters. The Bertz CT molecular complexity index is 338. The molecule has 0 saturated heterocycles. The predicted molar refractivity (Wildman–Crippen MR) is 61.8 cm³/mol. The van der Waals surface area contributed by atoms with Crippen LogP contribution in [0.2, 0.25) is 0 Å². The van der Waals surface area contributed by atoms with Crippen molar-refractivity contribution in [1.29, 1.82) is 0 Å². The van der Waals surface area contributed by atoms with E-state index in [1.54, 1.807) is 18.2 Å². The fourth-order valence-electron chi connectivity index (χ4n) is 1.64. The highest BCUT2D eigenvalue weighted by Crippen LogP contribution is 2.24. The number of ether oxygens (including phenoxy) is 1. The summed E-state index contributed by atoms with van der Waals surface area (Å²) >= 11 is 0. The summed E-state index contributed by atoms with van der Waals surface area (Å²) < 4.78 is 18.5. The van der Waals surface area contributed by atoms with E-state index in [2.05, 4.69) is 0 Å². The fraction of sp³-hybridized carbons (Fsp3) is 0.538. The Morgan fingerprint density at radius 3 is 2.50 bits per heavy atom. The van der Waals surface area contributed by atoms with Gasteiger partial charge in [-0.1, -0.05) is 32.0 Å². The molecule has 0 amide bonds. The molecule has 0 aliphatic heterocycles. The minimum absolute atomic E-state index is 0.00653. The predicted octanol–water partition coefficient (Wildman–Crippen LogP) is 2.40. The number of hydrogen-bond donors (Lipinski definition) is 1. The monoisotopic (exact) mass is 226 g/mol. The third-order valence-corrected chi connectivity index (χ3v) is 2.92. The smallest absolute Gasteiger partial charge is 0.126 e. The van der Waals surface area contributed by atoms with Crippen LogP contribution in [0, 0.1) is 11.7 Å². The largest absolute Gasteiger partial charge is 0.387 e. The molecule has 2 nitrogen and oxygen atoms in total. The molecule has 0 aliphatic carbocycles. The van der Waals surface area contributed by atoms with Gasteiger partial charge in [-0.3, -0.25) is 0 Å². The van der Waals surface area contributed by atoms with Gasteiger partial charge in [0.25, 0.3) is 0 Å². The molecule has 0 spiro atoms. The highest BCUT2D eigenvalue weighted by Gasteiger charge is 2.32. The van der Waals surface area contributed by atoms with Gasteiger partial charge >= 0.3 is 0 Å². The van der Waals surface area contributed by atoms with Crippen molar-refractivity contribution < 1.29 is 14.2 Å². The highest BCUT2D eigenvalue weighted by atomic mass is 19.1. The summed E-state index contributed by atoms with van der Waals surface area (Å²) in [6.07, 6.45) is 0.269. The number of benzene rings is 1. The van der Waals surface area contributed by atoms with Crippen LogP contribution in [0.3, 0.4) is 0 Å². The zero-order valence-corrected chi connectivity index (χ0v) is 10.0. The highest BCUT2D eigenvalue weighted by molar-refractivity contribution is 5.19. The summed E-state index contributed by atoms with van der Waals surface area (Å²) in [5.74, 6) is -0.273. The van der Waals surface area contributed by atoms with Gasteiger partial charge in [0.1, 0.15) is 5.82 Å². The van der Waals surface area contributed by atoms with Crippen molar-refractivity contribution in [2.24, 2.45) is 5.92 Å². The number of methoxy groups -OCH3 is 1. The van der Waals surface area contributed by atoms with Gasteiger partial charge in [-0.25, -0.2) is 4.39 Å². The maximum atomic E-state index is 13.5. The lowest BCUT2D eigenvalue weighted by atomic mass is 9.85. The lowest BCUT2D eigenvalue weighted by Crippen LogP contribution is -2.42. The molecule has 1 N–H and O–H groups in total. The molecule has 90 valence electrons.